The average molecular weight is 280 g/mol. The molecule has 0 radical (unpaired) electrons. The maximum atomic E-state index is 13.6. The lowest BCUT2D eigenvalue weighted by Crippen LogP contribution is -2.27. The van der Waals surface area contributed by atoms with Crippen molar-refractivity contribution in [1.82, 2.24) is 14.9 Å². The zero-order valence-corrected chi connectivity index (χ0v) is 11.4. The number of rotatable bonds is 2. The minimum absolute atomic E-state index is 0.0343. The summed E-state index contributed by atoms with van der Waals surface area (Å²) in [4.78, 5) is 4.22. The van der Waals surface area contributed by atoms with Crippen LogP contribution in [0.3, 0.4) is 0 Å². The lowest BCUT2D eigenvalue weighted by Gasteiger charge is -2.24. The molecule has 3 rings (SSSR count). The summed E-state index contributed by atoms with van der Waals surface area (Å²) in [6, 6.07) is 4.83. The summed E-state index contributed by atoms with van der Waals surface area (Å²) in [7, 11) is 0. The standard InChI is InChI=1S/C14H15ClFN3/c1-14(4-5-17-8-14)13-7-18-9-19(13)10-2-3-11(15)12(16)6-10/h2-3,6-7,9,17H,4-5,8H2,1H3. The fourth-order valence-electron chi connectivity index (χ4n) is 2.62. The van der Waals surface area contributed by atoms with Crippen LogP contribution in [-0.2, 0) is 5.41 Å². The molecule has 1 aliphatic heterocycles. The van der Waals surface area contributed by atoms with Crippen LogP contribution in [0.4, 0.5) is 4.39 Å². The molecule has 0 aliphatic carbocycles. The Morgan fingerprint density at radius 3 is 3.00 bits per heavy atom. The van der Waals surface area contributed by atoms with E-state index in [4.69, 9.17) is 11.6 Å². The van der Waals surface area contributed by atoms with Gasteiger partial charge in [0, 0.05) is 29.5 Å². The van der Waals surface area contributed by atoms with Gasteiger partial charge in [0.05, 0.1) is 11.3 Å². The number of hydrogen-bond acceptors (Lipinski definition) is 2. The third-order valence-electron chi connectivity index (χ3n) is 3.81. The molecule has 19 heavy (non-hydrogen) atoms. The second-order valence-corrected chi connectivity index (χ2v) is 5.64. The van der Waals surface area contributed by atoms with Crippen LogP contribution in [0, 0.1) is 5.82 Å². The minimum Gasteiger partial charge on any atom is -0.316 e. The van der Waals surface area contributed by atoms with Crippen molar-refractivity contribution >= 4 is 11.6 Å². The van der Waals surface area contributed by atoms with Gasteiger partial charge in [-0.15, -0.1) is 0 Å². The molecule has 100 valence electrons. The van der Waals surface area contributed by atoms with E-state index >= 15 is 0 Å². The Hall–Kier alpha value is -1.39. The molecule has 1 atom stereocenters. The number of nitrogens with zero attached hydrogens (tertiary/aromatic N) is 2. The molecule has 1 saturated heterocycles. The topological polar surface area (TPSA) is 29.9 Å². The van der Waals surface area contributed by atoms with Gasteiger partial charge in [-0.1, -0.05) is 18.5 Å². The van der Waals surface area contributed by atoms with E-state index in [-0.39, 0.29) is 10.4 Å². The number of hydrogen-bond donors (Lipinski definition) is 1. The van der Waals surface area contributed by atoms with E-state index < -0.39 is 5.82 Å². The van der Waals surface area contributed by atoms with Gasteiger partial charge in [0.25, 0.3) is 0 Å². The molecule has 0 bridgehead atoms. The Morgan fingerprint density at radius 2 is 2.32 bits per heavy atom. The van der Waals surface area contributed by atoms with Crippen molar-refractivity contribution in [1.29, 1.82) is 0 Å². The van der Waals surface area contributed by atoms with Gasteiger partial charge in [-0.3, -0.25) is 0 Å². The van der Waals surface area contributed by atoms with Crippen molar-refractivity contribution in [3.63, 3.8) is 0 Å². The van der Waals surface area contributed by atoms with Gasteiger partial charge in [0.15, 0.2) is 0 Å². The molecule has 1 aliphatic rings. The molecule has 1 fully saturated rings. The number of halogens is 2. The van der Waals surface area contributed by atoms with Crippen molar-refractivity contribution in [2.45, 2.75) is 18.8 Å². The highest BCUT2D eigenvalue weighted by Gasteiger charge is 2.33. The van der Waals surface area contributed by atoms with E-state index in [1.807, 2.05) is 16.8 Å². The molecule has 1 aromatic carbocycles. The second-order valence-electron chi connectivity index (χ2n) is 5.23. The molecule has 0 saturated carbocycles. The van der Waals surface area contributed by atoms with Gasteiger partial charge >= 0.3 is 0 Å². The summed E-state index contributed by atoms with van der Waals surface area (Å²) in [5, 5.41) is 3.50. The summed E-state index contributed by atoms with van der Waals surface area (Å²) in [6.07, 6.45) is 4.63. The summed E-state index contributed by atoms with van der Waals surface area (Å²) >= 11 is 5.73. The first-order valence-corrected chi connectivity index (χ1v) is 6.67. The lowest BCUT2D eigenvalue weighted by atomic mass is 9.86. The first-order valence-electron chi connectivity index (χ1n) is 6.29. The normalized spacial score (nSPS) is 22.9. The van der Waals surface area contributed by atoms with E-state index in [0.717, 1.165) is 30.9 Å². The van der Waals surface area contributed by atoms with Crippen LogP contribution in [0.25, 0.3) is 5.69 Å². The first kappa shape index (κ1) is 12.6. The summed E-state index contributed by atoms with van der Waals surface area (Å²) < 4.78 is 15.5. The number of aromatic nitrogens is 2. The van der Waals surface area contributed by atoms with Gasteiger partial charge in [-0.05, 0) is 31.2 Å². The minimum atomic E-state index is -0.409. The molecule has 0 amide bonds. The molecular formula is C14H15ClFN3. The Morgan fingerprint density at radius 1 is 1.47 bits per heavy atom. The molecule has 1 N–H and O–H groups in total. The fraction of sp³-hybridized carbons (Fsp3) is 0.357. The zero-order chi connectivity index (χ0) is 13.5. The zero-order valence-electron chi connectivity index (χ0n) is 10.7. The van der Waals surface area contributed by atoms with E-state index in [2.05, 4.69) is 17.2 Å². The highest BCUT2D eigenvalue weighted by molar-refractivity contribution is 6.30. The van der Waals surface area contributed by atoms with Crippen molar-refractivity contribution in [2.75, 3.05) is 13.1 Å². The molecule has 2 aromatic rings. The van der Waals surface area contributed by atoms with E-state index in [1.54, 1.807) is 12.4 Å². The summed E-state index contributed by atoms with van der Waals surface area (Å²) in [6.45, 7) is 4.11. The Bertz CT molecular complexity index is 602. The van der Waals surface area contributed by atoms with Crippen molar-refractivity contribution < 1.29 is 4.39 Å². The molecule has 1 unspecified atom stereocenters. The highest BCUT2D eigenvalue weighted by Crippen LogP contribution is 2.31. The quantitative estimate of drug-likeness (QED) is 0.916. The van der Waals surface area contributed by atoms with Gasteiger partial charge in [0.2, 0.25) is 0 Å². The largest absolute Gasteiger partial charge is 0.316 e. The van der Waals surface area contributed by atoms with Crippen LogP contribution >= 0.6 is 11.6 Å². The van der Waals surface area contributed by atoms with Crippen molar-refractivity contribution in [2.24, 2.45) is 0 Å². The molecule has 0 spiro atoms. The summed E-state index contributed by atoms with van der Waals surface area (Å²) in [5.74, 6) is -0.409. The Balaban J connectivity index is 2.06. The van der Waals surface area contributed by atoms with Gasteiger partial charge in [-0.25, -0.2) is 9.37 Å². The molecule has 2 heterocycles. The van der Waals surface area contributed by atoms with Crippen molar-refractivity contribution in [3.05, 3.63) is 47.3 Å². The van der Waals surface area contributed by atoms with E-state index in [9.17, 15) is 4.39 Å². The molecule has 3 nitrogen and oxygen atoms in total. The lowest BCUT2D eigenvalue weighted by molar-refractivity contribution is 0.498. The van der Waals surface area contributed by atoms with Crippen LogP contribution in [0.1, 0.15) is 19.0 Å². The van der Waals surface area contributed by atoms with Crippen LogP contribution in [-0.4, -0.2) is 22.6 Å². The van der Waals surface area contributed by atoms with E-state index in [1.165, 1.54) is 6.07 Å². The molecule has 1 aromatic heterocycles. The molecule has 5 heteroatoms. The smallest absolute Gasteiger partial charge is 0.143 e. The number of benzene rings is 1. The second kappa shape index (κ2) is 4.62. The number of imidazole rings is 1. The third kappa shape index (κ3) is 2.15. The van der Waals surface area contributed by atoms with E-state index in [0.29, 0.717) is 0 Å². The van der Waals surface area contributed by atoms with Crippen LogP contribution in [0.2, 0.25) is 5.02 Å². The van der Waals surface area contributed by atoms with Gasteiger partial charge in [-0.2, -0.15) is 0 Å². The summed E-state index contributed by atoms with van der Waals surface area (Å²) in [5.41, 5.74) is 1.88. The highest BCUT2D eigenvalue weighted by atomic mass is 35.5. The van der Waals surface area contributed by atoms with Crippen LogP contribution < -0.4 is 5.32 Å². The third-order valence-corrected chi connectivity index (χ3v) is 4.11. The fourth-order valence-corrected chi connectivity index (χ4v) is 2.74. The number of nitrogens with one attached hydrogen (secondary N) is 1. The first-order chi connectivity index (χ1) is 9.10. The van der Waals surface area contributed by atoms with Gasteiger partial charge in [0.1, 0.15) is 5.82 Å². The Labute approximate surface area is 116 Å². The monoisotopic (exact) mass is 279 g/mol. The van der Waals surface area contributed by atoms with Gasteiger partial charge < -0.3 is 9.88 Å². The maximum Gasteiger partial charge on any atom is 0.143 e. The predicted octanol–water partition coefficient (Wildman–Crippen LogP) is 2.92. The predicted molar refractivity (Wildman–Crippen MR) is 73.4 cm³/mol. The maximum absolute atomic E-state index is 13.6. The average Bonchev–Trinajstić information content (AvgIpc) is 3.02. The Kier molecular flexibility index (Phi) is 3.07. The SMILES string of the molecule is CC1(c2cncn2-c2ccc(Cl)c(F)c2)CCNC1. The molecular weight excluding hydrogens is 265 g/mol. The van der Waals surface area contributed by atoms with Crippen molar-refractivity contribution in [3.8, 4) is 5.69 Å². The van der Waals surface area contributed by atoms with Crippen LogP contribution in [0.15, 0.2) is 30.7 Å². The van der Waals surface area contributed by atoms with Crippen LogP contribution in [0.5, 0.6) is 0 Å².